The highest BCUT2D eigenvalue weighted by Crippen LogP contribution is 2.04. The van der Waals surface area contributed by atoms with Crippen LogP contribution >= 0.6 is 0 Å². The lowest BCUT2D eigenvalue weighted by molar-refractivity contribution is 0.0600. The summed E-state index contributed by atoms with van der Waals surface area (Å²) >= 11 is 0. The molecular formula is C7H13NO2. The second kappa shape index (κ2) is 4.68. The van der Waals surface area contributed by atoms with Gasteiger partial charge in [0.25, 0.3) is 0 Å². The van der Waals surface area contributed by atoms with Crippen molar-refractivity contribution in [1.29, 1.82) is 0 Å². The molecule has 2 N–H and O–H groups in total. The smallest absolute Gasteiger partial charge is 0.405 e. The Morgan fingerprint density at radius 3 is 1.70 bits per heavy atom. The minimum atomic E-state index is -0.725. The largest absolute Gasteiger partial charge is 0.444 e. The molecule has 58 valence electrons. The molecule has 0 radical (unpaired) electrons. The van der Waals surface area contributed by atoms with Crippen molar-refractivity contribution in [1.82, 2.24) is 0 Å². The Kier molecular flexibility index (Phi) is 5.44. The number of primary amides is 1. The van der Waals surface area contributed by atoms with Gasteiger partial charge in [-0.2, -0.15) is 0 Å². The third kappa shape index (κ3) is 15.8. The van der Waals surface area contributed by atoms with Gasteiger partial charge in [0.15, 0.2) is 0 Å². The maximum Gasteiger partial charge on any atom is 0.405 e. The van der Waals surface area contributed by atoms with E-state index in [1.807, 2.05) is 0 Å². The number of hydrogen-bond acceptors (Lipinski definition) is 2. The van der Waals surface area contributed by atoms with E-state index in [1.54, 1.807) is 20.8 Å². The second-order valence-electron chi connectivity index (χ2n) is 2.53. The van der Waals surface area contributed by atoms with Crippen LogP contribution in [0.15, 0.2) is 0 Å². The lowest BCUT2D eigenvalue weighted by Crippen LogP contribution is -2.27. The number of carbonyl (C=O) groups excluding carboxylic acids is 1. The first-order valence-electron chi connectivity index (χ1n) is 2.73. The lowest BCUT2D eigenvalue weighted by Gasteiger charge is -2.16. The lowest BCUT2D eigenvalue weighted by atomic mass is 10.2. The van der Waals surface area contributed by atoms with Crippen molar-refractivity contribution in [2.24, 2.45) is 5.73 Å². The number of hydrogen-bond donors (Lipinski definition) is 1. The molecule has 3 heteroatoms. The van der Waals surface area contributed by atoms with E-state index in [-0.39, 0.29) is 0 Å². The van der Waals surface area contributed by atoms with Gasteiger partial charge in [-0.1, -0.05) is 0 Å². The summed E-state index contributed by atoms with van der Waals surface area (Å²) < 4.78 is 4.58. The monoisotopic (exact) mass is 143 g/mol. The zero-order valence-electron chi connectivity index (χ0n) is 6.55. The Bertz CT molecular complexity index is 121. The molecule has 0 heterocycles. The maximum absolute atomic E-state index is 10.0. The number of ether oxygens (including phenoxy) is 1. The molecule has 0 aliphatic rings. The van der Waals surface area contributed by atoms with Gasteiger partial charge in [0.05, 0.1) is 0 Å². The Balaban J connectivity index is 0. The van der Waals surface area contributed by atoms with E-state index < -0.39 is 11.7 Å². The molecule has 0 unspecified atom stereocenters. The minimum Gasteiger partial charge on any atom is -0.444 e. The van der Waals surface area contributed by atoms with Crippen LogP contribution < -0.4 is 5.73 Å². The fraction of sp³-hybridized carbons (Fsp3) is 0.571. The standard InChI is InChI=1S/C5H11NO2.C2H2/c1-5(2,3)8-4(6)7;1-2/h1-3H3,(H2,6,7);1-2H. The number of terminal acetylenes is 1. The first-order chi connectivity index (χ1) is 4.42. The summed E-state index contributed by atoms with van der Waals surface area (Å²) in [5.41, 5.74) is 4.26. The predicted octanol–water partition coefficient (Wildman–Crippen LogP) is 1.13. The van der Waals surface area contributed by atoms with Gasteiger partial charge in [-0.3, -0.25) is 0 Å². The van der Waals surface area contributed by atoms with Gasteiger partial charge in [0.1, 0.15) is 5.60 Å². The van der Waals surface area contributed by atoms with Crippen molar-refractivity contribution in [3.63, 3.8) is 0 Å². The highest BCUT2D eigenvalue weighted by Gasteiger charge is 2.12. The number of nitrogens with two attached hydrogens (primary N) is 1. The van der Waals surface area contributed by atoms with E-state index in [0.29, 0.717) is 0 Å². The van der Waals surface area contributed by atoms with E-state index in [2.05, 4.69) is 17.6 Å². The molecule has 0 atom stereocenters. The van der Waals surface area contributed by atoms with E-state index in [1.165, 1.54) is 0 Å². The molecule has 1 amide bonds. The molecule has 0 aromatic heterocycles. The molecule has 0 aliphatic carbocycles. The maximum atomic E-state index is 10.0. The molecule has 0 aliphatic heterocycles. The van der Waals surface area contributed by atoms with Crippen LogP contribution in [0.1, 0.15) is 20.8 Å². The van der Waals surface area contributed by atoms with Crippen LogP contribution in [-0.2, 0) is 4.74 Å². The molecule has 0 saturated heterocycles. The predicted molar refractivity (Wildman–Crippen MR) is 40.3 cm³/mol. The van der Waals surface area contributed by atoms with Gasteiger partial charge in [-0.05, 0) is 20.8 Å². The molecule has 10 heavy (non-hydrogen) atoms. The zero-order valence-corrected chi connectivity index (χ0v) is 6.55. The Hall–Kier alpha value is -1.17. The van der Waals surface area contributed by atoms with E-state index >= 15 is 0 Å². The summed E-state index contributed by atoms with van der Waals surface area (Å²) in [6, 6.07) is 0. The third-order valence-corrected chi connectivity index (χ3v) is 0.407. The number of rotatable bonds is 0. The molecule has 0 bridgehead atoms. The molecule has 0 spiro atoms. The number of carbonyl (C=O) groups is 1. The van der Waals surface area contributed by atoms with Crippen LogP contribution in [0.3, 0.4) is 0 Å². The van der Waals surface area contributed by atoms with Crippen molar-refractivity contribution in [2.75, 3.05) is 0 Å². The summed E-state index contributed by atoms with van der Waals surface area (Å²) in [6.07, 6.45) is 7.28. The SMILES string of the molecule is C#C.CC(C)(C)OC(N)=O. The average Bonchev–Trinajstić information content (AvgIpc) is 1.64. The fourth-order valence-electron chi connectivity index (χ4n) is 0.302. The first-order valence-corrected chi connectivity index (χ1v) is 2.73. The van der Waals surface area contributed by atoms with Crippen LogP contribution in [0.25, 0.3) is 0 Å². The summed E-state index contributed by atoms with van der Waals surface area (Å²) in [4.78, 5) is 10.0. The van der Waals surface area contributed by atoms with Gasteiger partial charge < -0.3 is 10.5 Å². The van der Waals surface area contributed by atoms with Crippen molar-refractivity contribution in [2.45, 2.75) is 26.4 Å². The Labute approximate surface area is 61.5 Å². The molecule has 0 saturated carbocycles. The van der Waals surface area contributed by atoms with Crippen LogP contribution in [0, 0.1) is 12.8 Å². The van der Waals surface area contributed by atoms with Gasteiger partial charge in [-0.25, -0.2) is 4.79 Å². The molecule has 0 rings (SSSR count). The van der Waals surface area contributed by atoms with Gasteiger partial charge in [0, 0.05) is 0 Å². The van der Waals surface area contributed by atoms with Crippen molar-refractivity contribution in [3.05, 3.63) is 0 Å². The second-order valence-corrected chi connectivity index (χ2v) is 2.53. The summed E-state index contributed by atoms with van der Waals surface area (Å²) in [5, 5.41) is 0. The first kappa shape index (κ1) is 11.6. The van der Waals surface area contributed by atoms with E-state index in [0.717, 1.165) is 0 Å². The van der Waals surface area contributed by atoms with Crippen LogP contribution in [0.2, 0.25) is 0 Å². The van der Waals surface area contributed by atoms with Gasteiger partial charge in [0.2, 0.25) is 0 Å². The van der Waals surface area contributed by atoms with Crippen molar-refractivity contribution in [3.8, 4) is 12.8 Å². The van der Waals surface area contributed by atoms with Gasteiger partial charge >= 0.3 is 6.09 Å². The van der Waals surface area contributed by atoms with Crippen molar-refractivity contribution >= 4 is 6.09 Å². The Morgan fingerprint density at radius 2 is 1.70 bits per heavy atom. The van der Waals surface area contributed by atoms with Crippen LogP contribution in [0.5, 0.6) is 0 Å². The normalized spacial score (nSPS) is 8.90. The molecule has 0 aromatic carbocycles. The summed E-state index contributed by atoms with van der Waals surface area (Å²) in [7, 11) is 0. The quantitative estimate of drug-likeness (QED) is 0.517. The number of amides is 1. The average molecular weight is 143 g/mol. The highest BCUT2D eigenvalue weighted by molar-refractivity contribution is 5.65. The highest BCUT2D eigenvalue weighted by atomic mass is 16.6. The van der Waals surface area contributed by atoms with E-state index in [4.69, 9.17) is 5.73 Å². The Morgan fingerprint density at radius 1 is 1.40 bits per heavy atom. The van der Waals surface area contributed by atoms with Crippen LogP contribution in [0.4, 0.5) is 4.79 Å². The van der Waals surface area contributed by atoms with E-state index in [9.17, 15) is 4.79 Å². The van der Waals surface area contributed by atoms with Gasteiger partial charge in [-0.15, -0.1) is 12.8 Å². The van der Waals surface area contributed by atoms with Crippen LogP contribution in [-0.4, -0.2) is 11.7 Å². The molecular weight excluding hydrogens is 130 g/mol. The minimum absolute atomic E-state index is 0.453. The molecule has 0 fully saturated rings. The summed E-state index contributed by atoms with van der Waals surface area (Å²) in [6.45, 7) is 5.28. The summed E-state index contributed by atoms with van der Waals surface area (Å²) in [5.74, 6) is 0. The topological polar surface area (TPSA) is 52.3 Å². The third-order valence-electron chi connectivity index (χ3n) is 0.407. The fourth-order valence-corrected chi connectivity index (χ4v) is 0.302. The zero-order chi connectivity index (χ0) is 8.78. The molecule has 3 nitrogen and oxygen atoms in total. The molecule has 0 aromatic rings. The van der Waals surface area contributed by atoms with Crippen molar-refractivity contribution < 1.29 is 9.53 Å².